The van der Waals surface area contributed by atoms with Gasteiger partial charge in [-0.2, -0.15) is 0 Å². The van der Waals surface area contributed by atoms with Gasteiger partial charge in [0.15, 0.2) is 11.5 Å². The molecule has 3 N–H and O–H groups in total. The second-order valence-corrected chi connectivity index (χ2v) is 11.8. The number of anilines is 1. The fraction of sp³-hybridized carbons (Fsp3) is 0.417. The Morgan fingerprint density at radius 3 is 2.25 bits per heavy atom. The van der Waals surface area contributed by atoms with Crippen LogP contribution in [-0.4, -0.2) is 31.4 Å². The maximum Gasteiger partial charge on any atom is 0.307 e. The lowest BCUT2D eigenvalue weighted by molar-refractivity contribution is -0.136. The molecule has 8 heteroatoms. The van der Waals surface area contributed by atoms with E-state index < -0.39 is 27.3 Å². The van der Waals surface area contributed by atoms with Crippen molar-refractivity contribution in [2.45, 2.75) is 58.5 Å². The molecular weight excluding hydrogens is 430 g/mol. The van der Waals surface area contributed by atoms with Crippen molar-refractivity contribution in [3.8, 4) is 17.2 Å². The Balaban J connectivity index is 2.42. The Hall–Kier alpha value is -2.71. The maximum absolute atomic E-state index is 12.8. The highest BCUT2D eigenvalue weighted by Crippen LogP contribution is 2.36. The summed E-state index contributed by atoms with van der Waals surface area (Å²) in [5.74, 6) is -0.674. The predicted octanol–water partition coefficient (Wildman–Crippen LogP) is 4.84. The zero-order valence-electron chi connectivity index (χ0n) is 19.3. The number of carboxylic acids is 1. The van der Waals surface area contributed by atoms with Crippen molar-refractivity contribution in [1.82, 2.24) is 0 Å². The van der Waals surface area contributed by atoms with Gasteiger partial charge in [-0.05, 0) is 67.8 Å². The number of rotatable bonds is 7. The van der Waals surface area contributed by atoms with Crippen molar-refractivity contribution in [2.75, 3.05) is 5.32 Å². The molecule has 0 bridgehead atoms. The number of amides is 1. The van der Waals surface area contributed by atoms with E-state index in [1.54, 1.807) is 18.2 Å². The van der Waals surface area contributed by atoms with Crippen molar-refractivity contribution in [2.24, 2.45) is 5.41 Å². The van der Waals surface area contributed by atoms with Crippen LogP contribution in [0.4, 0.5) is 5.69 Å². The summed E-state index contributed by atoms with van der Waals surface area (Å²) < 4.78 is 18.3. The number of hydrogen-bond donors (Lipinski definition) is 3. The molecule has 0 aliphatic heterocycles. The summed E-state index contributed by atoms with van der Waals surface area (Å²) in [6.45, 7) is 11.0. The summed E-state index contributed by atoms with van der Waals surface area (Å²) in [5.41, 5.74) is 1.02. The van der Waals surface area contributed by atoms with Gasteiger partial charge >= 0.3 is 5.97 Å². The quantitative estimate of drug-likeness (QED) is 0.508. The van der Waals surface area contributed by atoms with Crippen LogP contribution in [0, 0.1) is 5.41 Å². The molecule has 0 radical (unpaired) electrons. The molecule has 1 atom stereocenters. The third kappa shape index (κ3) is 7.17. The molecule has 0 fully saturated rings. The highest BCUT2D eigenvalue weighted by Gasteiger charge is 2.28. The number of carbonyl (C=O) groups is 2. The van der Waals surface area contributed by atoms with E-state index >= 15 is 0 Å². The average Bonchev–Trinajstić information content (AvgIpc) is 2.64. The Labute approximate surface area is 192 Å². The molecule has 1 unspecified atom stereocenters. The fourth-order valence-electron chi connectivity index (χ4n) is 2.59. The van der Waals surface area contributed by atoms with E-state index in [-0.39, 0.29) is 29.6 Å². The number of aliphatic carboxylic acids is 1. The van der Waals surface area contributed by atoms with Crippen molar-refractivity contribution in [3.05, 3.63) is 47.5 Å². The largest absolute Gasteiger partial charge is 0.616 e. The molecule has 2 rings (SSSR count). The second kappa shape index (κ2) is 9.83. The van der Waals surface area contributed by atoms with Gasteiger partial charge in [-0.3, -0.25) is 9.59 Å². The van der Waals surface area contributed by atoms with Crippen LogP contribution in [0.1, 0.15) is 52.7 Å². The molecule has 0 aliphatic rings. The van der Waals surface area contributed by atoms with E-state index in [0.29, 0.717) is 22.6 Å². The minimum absolute atomic E-state index is 0.0954. The summed E-state index contributed by atoms with van der Waals surface area (Å²) >= 11 is -1.25. The molecule has 0 heterocycles. The normalized spacial score (nSPS) is 12.8. The van der Waals surface area contributed by atoms with Gasteiger partial charge in [0.2, 0.25) is 5.91 Å². The smallest absolute Gasteiger partial charge is 0.307 e. The monoisotopic (exact) mass is 461 g/mol. The lowest BCUT2D eigenvalue weighted by atomic mass is 9.95. The van der Waals surface area contributed by atoms with Crippen LogP contribution in [0.15, 0.2) is 36.4 Å². The van der Waals surface area contributed by atoms with Gasteiger partial charge < -0.3 is 24.8 Å². The van der Waals surface area contributed by atoms with E-state index in [1.807, 2.05) is 41.5 Å². The van der Waals surface area contributed by atoms with E-state index in [0.717, 1.165) is 0 Å². The Morgan fingerprint density at radius 1 is 1.03 bits per heavy atom. The number of phenolic OH excluding ortho intramolecular Hbond substituents is 1. The third-order valence-electron chi connectivity index (χ3n) is 4.57. The fourth-order valence-corrected chi connectivity index (χ4v) is 3.53. The number of phenols is 1. The van der Waals surface area contributed by atoms with Crippen molar-refractivity contribution in [3.63, 3.8) is 0 Å². The third-order valence-corrected chi connectivity index (χ3v) is 6.51. The van der Waals surface area contributed by atoms with Crippen molar-refractivity contribution >= 4 is 28.7 Å². The van der Waals surface area contributed by atoms with Crippen LogP contribution < -0.4 is 10.1 Å². The van der Waals surface area contributed by atoms with Crippen LogP contribution in [0.2, 0.25) is 0 Å². The Morgan fingerprint density at radius 2 is 1.69 bits per heavy atom. The summed E-state index contributed by atoms with van der Waals surface area (Å²) in [5, 5.41) is 22.1. The van der Waals surface area contributed by atoms with Crippen molar-refractivity contribution < 1.29 is 29.1 Å². The summed E-state index contributed by atoms with van der Waals surface area (Å²) in [6, 6.07) is 9.36. The highest BCUT2D eigenvalue weighted by atomic mass is 32.2. The minimum atomic E-state index is -1.25. The van der Waals surface area contributed by atoms with Crippen LogP contribution in [0.5, 0.6) is 17.2 Å². The van der Waals surface area contributed by atoms with Crippen molar-refractivity contribution in [1.29, 1.82) is 0 Å². The first-order chi connectivity index (χ1) is 14.7. The van der Waals surface area contributed by atoms with Crippen LogP contribution in [0.25, 0.3) is 0 Å². The molecule has 174 valence electrons. The lowest BCUT2D eigenvalue weighted by Crippen LogP contribution is -2.29. The Bertz CT molecular complexity index is 991. The number of aromatic hydroxyl groups is 1. The first-order valence-electron chi connectivity index (χ1n) is 10.2. The number of benzene rings is 2. The zero-order valence-corrected chi connectivity index (χ0v) is 20.1. The second-order valence-electron chi connectivity index (χ2n) is 9.60. The molecule has 1 amide bonds. The summed E-state index contributed by atoms with van der Waals surface area (Å²) in [4.78, 5) is 23.4. The molecule has 0 saturated heterocycles. The number of carbonyl (C=O) groups excluding carboxylic acids is 1. The zero-order chi connectivity index (χ0) is 24.3. The summed E-state index contributed by atoms with van der Waals surface area (Å²) in [7, 11) is 0. The number of hydrogen-bond acceptors (Lipinski definition) is 5. The predicted molar refractivity (Wildman–Crippen MR) is 126 cm³/mol. The van der Waals surface area contributed by atoms with Gasteiger partial charge in [-0.25, -0.2) is 0 Å². The number of ether oxygens (including phenoxy) is 1. The number of nitrogens with one attached hydrogen (secondary N) is 1. The topological polar surface area (TPSA) is 119 Å². The molecule has 32 heavy (non-hydrogen) atoms. The minimum Gasteiger partial charge on any atom is -0.616 e. The van der Waals surface area contributed by atoms with Crippen LogP contribution in [-0.2, 0) is 32.9 Å². The van der Waals surface area contributed by atoms with Crippen LogP contribution in [0.3, 0.4) is 0 Å². The first kappa shape index (κ1) is 25.5. The van der Waals surface area contributed by atoms with Gasteiger partial charge in [0.25, 0.3) is 0 Å². The maximum atomic E-state index is 12.8. The molecule has 7 nitrogen and oxygen atoms in total. The molecule has 2 aromatic rings. The highest BCUT2D eigenvalue weighted by molar-refractivity contribution is 7.91. The Kier molecular flexibility index (Phi) is 7.85. The molecular formula is C24H31NO6S. The standard InChI is InChI=1S/C24H31NO6S/c1-23(2,3)22(29)25-17-8-10-19(16(13-17)14-32(30)24(4,5)6)31-20-11-15(12-21(27)28)7-9-18(20)26/h7-11,13,26H,12,14H2,1-6H3,(H,25,29)(H,27,28). The average molecular weight is 462 g/mol. The number of carboxylic acid groups (broad SMARTS) is 1. The van der Waals surface area contributed by atoms with Gasteiger partial charge in [-0.1, -0.05) is 26.8 Å². The molecule has 0 spiro atoms. The first-order valence-corrected chi connectivity index (χ1v) is 11.5. The molecule has 0 saturated carbocycles. The van der Waals surface area contributed by atoms with Gasteiger partial charge in [0.05, 0.1) is 6.42 Å². The SMILES string of the molecule is CC(C)(C)C(=O)Nc1ccc(Oc2cc(CC(=O)O)ccc2O)c(C[S+]([O-])C(C)(C)C)c1. The lowest BCUT2D eigenvalue weighted by Gasteiger charge is -2.25. The molecule has 0 aliphatic carbocycles. The van der Waals surface area contributed by atoms with Crippen LogP contribution >= 0.6 is 0 Å². The molecule has 2 aromatic carbocycles. The van der Waals surface area contributed by atoms with Gasteiger partial charge in [-0.15, -0.1) is 0 Å². The van der Waals surface area contributed by atoms with Gasteiger partial charge in [0.1, 0.15) is 16.2 Å². The molecule has 0 aromatic heterocycles. The van der Waals surface area contributed by atoms with E-state index in [1.165, 1.54) is 18.2 Å². The summed E-state index contributed by atoms with van der Waals surface area (Å²) in [6.07, 6.45) is -0.213. The van der Waals surface area contributed by atoms with E-state index in [2.05, 4.69) is 5.32 Å². The van der Waals surface area contributed by atoms with Gasteiger partial charge in [0, 0.05) is 16.7 Å². The van der Waals surface area contributed by atoms with E-state index in [4.69, 9.17) is 9.84 Å². The van der Waals surface area contributed by atoms with E-state index in [9.17, 15) is 19.2 Å².